The topological polar surface area (TPSA) is 141 Å². The number of nitrogens with zero attached hydrogens (tertiary/aromatic N) is 1. The summed E-state index contributed by atoms with van der Waals surface area (Å²) in [6, 6.07) is 8.38. The lowest BCUT2D eigenvalue weighted by Crippen LogP contribution is -2.42. The summed E-state index contributed by atoms with van der Waals surface area (Å²) in [5.74, 6) is -1.11. The maximum absolute atomic E-state index is 13.3. The van der Waals surface area contributed by atoms with E-state index < -0.39 is 32.5 Å². The Bertz CT molecular complexity index is 1120. The number of hydrogen-bond acceptors (Lipinski definition) is 8. The number of rotatable bonds is 7. The molecule has 3 atom stereocenters. The van der Waals surface area contributed by atoms with Crippen LogP contribution in [0.2, 0.25) is 5.02 Å². The Morgan fingerprint density at radius 1 is 1.28 bits per heavy atom. The van der Waals surface area contributed by atoms with E-state index in [1.54, 1.807) is 12.1 Å². The highest BCUT2D eigenvalue weighted by molar-refractivity contribution is 7.92. The summed E-state index contributed by atoms with van der Waals surface area (Å²) in [7, 11) is -3.77. The molecule has 0 radical (unpaired) electrons. The van der Waals surface area contributed by atoms with Gasteiger partial charge in [-0.3, -0.25) is 15.6 Å². The summed E-state index contributed by atoms with van der Waals surface area (Å²) in [5, 5.41) is 20.8. The molecule has 3 aliphatic rings. The van der Waals surface area contributed by atoms with Crippen molar-refractivity contribution < 1.29 is 23.1 Å². The quantitative estimate of drug-likeness (QED) is 0.466. The molecule has 170 valence electrons. The van der Waals surface area contributed by atoms with Crippen molar-refractivity contribution in [1.29, 1.82) is 5.26 Å². The van der Waals surface area contributed by atoms with Gasteiger partial charge in [0.1, 0.15) is 5.54 Å². The van der Waals surface area contributed by atoms with Crippen LogP contribution in [0.1, 0.15) is 25.7 Å². The fourth-order valence-electron chi connectivity index (χ4n) is 4.05. The van der Waals surface area contributed by atoms with Crippen molar-refractivity contribution in [3.63, 3.8) is 0 Å². The molecule has 2 fully saturated rings. The maximum Gasteiger partial charge on any atom is 0.224 e. The Balaban J connectivity index is 1.54. The Morgan fingerprint density at radius 2 is 2.03 bits per heavy atom. The summed E-state index contributed by atoms with van der Waals surface area (Å²) in [5.41, 5.74) is 4.31. The van der Waals surface area contributed by atoms with Crippen LogP contribution >= 0.6 is 11.6 Å². The van der Waals surface area contributed by atoms with E-state index in [1.807, 2.05) is 0 Å². The van der Waals surface area contributed by atoms with Crippen molar-refractivity contribution in [3.8, 4) is 6.07 Å². The van der Waals surface area contributed by atoms with Crippen LogP contribution in [0.3, 0.4) is 0 Å². The van der Waals surface area contributed by atoms with Gasteiger partial charge in [0.05, 0.1) is 27.8 Å². The monoisotopic (exact) mass is 478 g/mol. The number of nitriles is 1. The van der Waals surface area contributed by atoms with Gasteiger partial charge in [0.15, 0.2) is 9.84 Å². The SMILES string of the molecule is N#CC1(NC(=O)[C@@H]2C[C@H](S(=O)(=O)c3ccccc3Cl)C[C@H]2COC2=CC=C(O)NN2)CC1. The lowest BCUT2D eigenvalue weighted by molar-refractivity contribution is -0.127. The smallest absolute Gasteiger partial charge is 0.224 e. The molecule has 0 unspecified atom stereocenters. The van der Waals surface area contributed by atoms with Gasteiger partial charge in [-0.2, -0.15) is 5.26 Å². The fraction of sp³-hybridized carbons (Fsp3) is 0.429. The Kier molecular flexibility index (Phi) is 5.97. The van der Waals surface area contributed by atoms with E-state index in [9.17, 15) is 23.6 Å². The molecular formula is C21H23ClN4O5S. The highest BCUT2D eigenvalue weighted by atomic mass is 35.5. The van der Waals surface area contributed by atoms with Crippen LogP contribution in [0.25, 0.3) is 0 Å². The van der Waals surface area contributed by atoms with Crippen molar-refractivity contribution in [2.75, 3.05) is 6.61 Å². The predicted octanol–water partition coefficient (Wildman–Crippen LogP) is 2.05. The molecule has 1 heterocycles. The Morgan fingerprint density at radius 3 is 2.66 bits per heavy atom. The molecule has 4 N–H and O–H groups in total. The minimum atomic E-state index is -3.77. The molecule has 0 bridgehead atoms. The number of nitrogens with one attached hydrogen (secondary N) is 3. The third-order valence-corrected chi connectivity index (χ3v) is 8.73. The van der Waals surface area contributed by atoms with Gasteiger partial charge < -0.3 is 15.2 Å². The van der Waals surface area contributed by atoms with Crippen molar-refractivity contribution in [1.82, 2.24) is 16.2 Å². The minimum Gasteiger partial charge on any atom is -0.494 e. The fourth-order valence-corrected chi connectivity index (χ4v) is 6.44. The average Bonchev–Trinajstić information content (AvgIpc) is 3.40. The van der Waals surface area contributed by atoms with Crippen LogP contribution in [0.5, 0.6) is 0 Å². The number of allylic oxidation sites excluding steroid dienone is 2. The van der Waals surface area contributed by atoms with Crippen molar-refractivity contribution in [2.45, 2.75) is 41.4 Å². The van der Waals surface area contributed by atoms with Gasteiger partial charge in [0, 0.05) is 24.0 Å². The molecule has 4 rings (SSSR count). The van der Waals surface area contributed by atoms with Crippen LogP contribution < -0.4 is 16.2 Å². The number of benzene rings is 1. The van der Waals surface area contributed by atoms with Gasteiger partial charge in [-0.25, -0.2) is 8.42 Å². The molecule has 1 amide bonds. The largest absolute Gasteiger partial charge is 0.494 e. The third kappa shape index (κ3) is 4.49. The van der Waals surface area contributed by atoms with Crippen LogP contribution in [0.4, 0.5) is 0 Å². The number of ether oxygens (including phenoxy) is 1. The second kappa shape index (κ2) is 8.56. The predicted molar refractivity (Wildman–Crippen MR) is 115 cm³/mol. The van der Waals surface area contributed by atoms with Crippen LogP contribution in [0, 0.1) is 23.2 Å². The van der Waals surface area contributed by atoms with E-state index in [4.69, 9.17) is 16.3 Å². The average molecular weight is 479 g/mol. The number of carbonyl (C=O) groups excluding carboxylic acids is 1. The minimum absolute atomic E-state index is 0.0459. The summed E-state index contributed by atoms with van der Waals surface area (Å²) in [4.78, 5) is 13.1. The van der Waals surface area contributed by atoms with Crippen molar-refractivity contribution >= 4 is 27.3 Å². The first-order valence-electron chi connectivity index (χ1n) is 10.2. The van der Waals surface area contributed by atoms with Crippen LogP contribution in [-0.2, 0) is 19.4 Å². The molecule has 1 aliphatic heterocycles. The Hall–Kier alpha value is -2.90. The molecule has 1 aromatic rings. The lowest BCUT2D eigenvalue weighted by atomic mass is 9.95. The molecule has 0 saturated heterocycles. The zero-order valence-corrected chi connectivity index (χ0v) is 18.6. The molecule has 0 aromatic heterocycles. The van der Waals surface area contributed by atoms with Gasteiger partial charge >= 0.3 is 0 Å². The van der Waals surface area contributed by atoms with Crippen molar-refractivity contribution in [2.24, 2.45) is 11.8 Å². The normalized spacial score (nSPS) is 25.9. The molecule has 0 spiro atoms. The summed E-state index contributed by atoms with van der Waals surface area (Å²) >= 11 is 6.14. The molecule has 32 heavy (non-hydrogen) atoms. The molecule has 11 heteroatoms. The highest BCUT2D eigenvalue weighted by Crippen LogP contribution is 2.42. The number of halogens is 1. The van der Waals surface area contributed by atoms with Crippen LogP contribution in [-0.4, -0.2) is 36.8 Å². The molecule has 2 aliphatic carbocycles. The van der Waals surface area contributed by atoms with Gasteiger partial charge in [-0.1, -0.05) is 23.7 Å². The summed E-state index contributed by atoms with van der Waals surface area (Å²) in [6.45, 7) is 0.0846. The summed E-state index contributed by atoms with van der Waals surface area (Å²) in [6.07, 6.45) is 4.42. The molecular weight excluding hydrogens is 456 g/mol. The first kappa shape index (κ1) is 22.3. The van der Waals surface area contributed by atoms with E-state index in [2.05, 4.69) is 22.2 Å². The highest BCUT2D eigenvalue weighted by Gasteiger charge is 2.50. The second-order valence-corrected chi connectivity index (χ2v) is 10.9. The number of aliphatic hydroxyl groups is 1. The van der Waals surface area contributed by atoms with E-state index in [1.165, 1.54) is 24.3 Å². The van der Waals surface area contributed by atoms with E-state index >= 15 is 0 Å². The van der Waals surface area contributed by atoms with E-state index in [-0.39, 0.29) is 41.2 Å². The zero-order valence-electron chi connectivity index (χ0n) is 17.0. The van der Waals surface area contributed by atoms with Gasteiger partial charge in [-0.05, 0) is 37.8 Å². The number of hydrogen-bond donors (Lipinski definition) is 4. The van der Waals surface area contributed by atoms with Gasteiger partial charge in [-0.15, -0.1) is 0 Å². The van der Waals surface area contributed by atoms with E-state index in [0.717, 1.165) is 0 Å². The number of carbonyl (C=O) groups is 1. The lowest BCUT2D eigenvalue weighted by Gasteiger charge is -2.23. The third-order valence-electron chi connectivity index (χ3n) is 6.06. The number of sulfone groups is 1. The first-order valence-corrected chi connectivity index (χ1v) is 12.1. The first-order chi connectivity index (χ1) is 15.2. The van der Waals surface area contributed by atoms with E-state index in [0.29, 0.717) is 18.7 Å². The van der Waals surface area contributed by atoms with Crippen molar-refractivity contribution in [3.05, 3.63) is 53.2 Å². The molecule has 2 saturated carbocycles. The van der Waals surface area contributed by atoms with Gasteiger partial charge in [0.2, 0.25) is 17.7 Å². The molecule has 1 aromatic carbocycles. The number of hydrazine groups is 1. The van der Waals surface area contributed by atoms with Crippen LogP contribution in [0.15, 0.2) is 53.1 Å². The molecule has 9 nitrogen and oxygen atoms in total. The summed E-state index contributed by atoms with van der Waals surface area (Å²) < 4.78 is 32.3. The number of aliphatic hydroxyl groups excluding tert-OH is 1. The second-order valence-electron chi connectivity index (χ2n) is 8.26. The standard InChI is InChI=1S/C21H23ClN4O5S/c22-16-3-1-2-4-17(16)32(29,30)14-9-13(11-31-19-6-5-18(27)25-26-19)15(10-14)20(28)24-21(12-23)7-8-21/h1-6,13-15,25-27H,7-11H2,(H,24,28)/t13-,14+,15+/m0/s1. The van der Waals surface area contributed by atoms with Gasteiger partial charge in [0.25, 0.3) is 0 Å². The zero-order chi connectivity index (χ0) is 22.9. The maximum atomic E-state index is 13.3. The number of amides is 1. The Labute approximate surface area is 191 Å².